The van der Waals surface area contributed by atoms with E-state index in [1.165, 1.54) is 6.92 Å². The van der Waals surface area contributed by atoms with E-state index in [4.69, 9.17) is 0 Å². The van der Waals surface area contributed by atoms with Crippen molar-refractivity contribution < 1.29 is 9.59 Å². The van der Waals surface area contributed by atoms with E-state index in [1.807, 2.05) is 0 Å². The number of rotatable bonds is 3. The van der Waals surface area contributed by atoms with Crippen LogP contribution in [0.15, 0.2) is 24.3 Å². The highest BCUT2D eigenvalue weighted by atomic mass is 35.5. The topological polar surface area (TPSA) is 58.2 Å². The minimum atomic E-state index is -0.146. The van der Waals surface area contributed by atoms with Gasteiger partial charge in [-0.15, -0.1) is 12.4 Å². The van der Waals surface area contributed by atoms with Crippen LogP contribution in [0.3, 0.4) is 0 Å². The second-order valence-electron chi connectivity index (χ2n) is 4.60. The fourth-order valence-corrected chi connectivity index (χ4v) is 2.22. The maximum atomic E-state index is 12.2. The van der Waals surface area contributed by atoms with Crippen molar-refractivity contribution in [3.05, 3.63) is 35.4 Å². The molecule has 5 heteroatoms. The molecular weight excluding hydrogens is 264 g/mol. The van der Waals surface area contributed by atoms with Crippen molar-refractivity contribution in [3.8, 4) is 0 Å². The van der Waals surface area contributed by atoms with E-state index < -0.39 is 0 Å². The summed E-state index contributed by atoms with van der Waals surface area (Å²) in [5.74, 6) is -0.223. The van der Waals surface area contributed by atoms with Gasteiger partial charge in [0.25, 0.3) is 5.91 Å². The van der Waals surface area contributed by atoms with Crippen LogP contribution in [0.2, 0.25) is 0 Å². The lowest BCUT2D eigenvalue weighted by molar-refractivity contribution is 0.0917. The molecule has 1 saturated heterocycles. The van der Waals surface area contributed by atoms with Crippen LogP contribution in [0.5, 0.6) is 0 Å². The highest BCUT2D eigenvalue weighted by molar-refractivity contribution is 6.07. The molecule has 0 saturated carbocycles. The third-order valence-corrected chi connectivity index (χ3v) is 3.23. The molecule has 1 amide bonds. The maximum Gasteiger partial charge on any atom is 0.252 e. The summed E-state index contributed by atoms with van der Waals surface area (Å²) in [6.45, 7) is 3.34. The maximum absolute atomic E-state index is 12.2. The zero-order chi connectivity index (χ0) is 13.0. The van der Waals surface area contributed by atoms with Gasteiger partial charge in [-0.2, -0.15) is 0 Å². The number of nitrogens with one attached hydrogen (secondary N) is 2. The van der Waals surface area contributed by atoms with E-state index in [9.17, 15) is 9.59 Å². The second kappa shape index (κ2) is 7.26. The molecule has 1 aromatic rings. The fraction of sp³-hybridized carbons (Fsp3) is 0.429. The number of hydrogen-bond acceptors (Lipinski definition) is 3. The number of carbonyl (C=O) groups is 2. The Bertz CT molecular complexity index is 457. The summed E-state index contributed by atoms with van der Waals surface area (Å²) in [6, 6.07) is 7.16. The number of halogens is 1. The summed E-state index contributed by atoms with van der Waals surface area (Å²) in [6.07, 6.45) is 1.88. The average Bonchev–Trinajstić information content (AvgIpc) is 2.40. The van der Waals surface area contributed by atoms with E-state index in [2.05, 4.69) is 10.6 Å². The van der Waals surface area contributed by atoms with Crippen molar-refractivity contribution in [1.29, 1.82) is 0 Å². The van der Waals surface area contributed by atoms with Crippen molar-refractivity contribution in [1.82, 2.24) is 10.6 Å². The Morgan fingerprint density at radius 1 is 1.16 bits per heavy atom. The normalized spacial score (nSPS) is 15.4. The van der Waals surface area contributed by atoms with Crippen molar-refractivity contribution in [2.45, 2.75) is 25.8 Å². The molecule has 1 aliphatic heterocycles. The highest BCUT2D eigenvalue weighted by Crippen LogP contribution is 2.11. The van der Waals surface area contributed by atoms with Crippen LogP contribution in [0.1, 0.15) is 40.5 Å². The molecule has 0 spiro atoms. The molecule has 1 heterocycles. The van der Waals surface area contributed by atoms with Crippen LogP contribution in [-0.2, 0) is 0 Å². The standard InChI is InChI=1S/C14H18N2O2.ClH/c1-10(17)12-4-2-3-5-13(12)14(18)16-11-6-8-15-9-7-11;/h2-5,11,15H,6-9H2,1H3,(H,16,18);1H. The number of ketones is 1. The summed E-state index contributed by atoms with van der Waals surface area (Å²) < 4.78 is 0. The van der Waals surface area contributed by atoms with Gasteiger partial charge in [-0.1, -0.05) is 18.2 Å². The first kappa shape index (κ1) is 15.7. The van der Waals surface area contributed by atoms with Gasteiger partial charge in [-0.3, -0.25) is 9.59 Å². The van der Waals surface area contributed by atoms with Gasteiger partial charge in [0.15, 0.2) is 5.78 Å². The third kappa shape index (κ3) is 4.04. The van der Waals surface area contributed by atoms with Crippen molar-refractivity contribution in [3.63, 3.8) is 0 Å². The predicted octanol–water partition coefficient (Wildman–Crippen LogP) is 1.79. The molecule has 1 fully saturated rings. The Morgan fingerprint density at radius 3 is 2.32 bits per heavy atom. The first-order valence-electron chi connectivity index (χ1n) is 6.30. The molecule has 104 valence electrons. The Kier molecular flexibility index (Phi) is 5.99. The highest BCUT2D eigenvalue weighted by Gasteiger charge is 2.19. The fourth-order valence-electron chi connectivity index (χ4n) is 2.22. The van der Waals surface area contributed by atoms with Gasteiger partial charge in [-0.05, 0) is 38.9 Å². The molecule has 0 unspecified atom stereocenters. The molecule has 4 nitrogen and oxygen atoms in total. The summed E-state index contributed by atoms with van der Waals surface area (Å²) in [5.41, 5.74) is 0.965. The van der Waals surface area contributed by atoms with Crippen LogP contribution in [0.25, 0.3) is 0 Å². The Hall–Kier alpha value is -1.39. The van der Waals surface area contributed by atoms with Crippen LogP contribution in [0, 0.1) is 0 Å². The third-order valence-electron chi connectivity index (χ3n) is 3.23. The van der Waals surface area contributed by atoms with Crippen LogP contribution < -0.4 is 10.6 Å². The first-order chi connectivity index (χ1) is 8.68. The number of hydrogen-bond donors (Lipinski definition) is 2. The largest absolute Gasteiger partial charge is 0.349 e. The summed E-state index contributed by atoms with van der Waals surface area (Å²) >= 11 is 0. The molecule has 1 aromatic carbocycles. The van der Waals surface area contributed by atoms with Gasteiger partial charge in [0.05, 0.1) is 5.56 Å². The molecule has 0 radical (unpaired) electrons. The number of piperidine rings is 1. The van der Waals surface area contributed by atoms with Crippen LogP contribution >= 0.6 is 12.4 Å². The first-order valence-corrected chi connectivity index (χ1v) is 6.30. The molecule has 1 aliphatic rings. The second-order valence-corrected chi connectivity index (χ2v) is 4.60. The molecule has 19 heavy (non-hydrogen) atoms. The van der Waals surface area contributed by atoms with Gasteiger partial charge >= 0.3 is 0 Å². The predicted molar refractivity (Wildman–Crippen MR) is 77.1 cm³/mol. The van der Waals surface area contributed by atoms with Crippen molar-refractivity contribution in [2.24, 2.45) is 0 Å². The van der Waals surface area contributed by atoms with Gasteiger partial charge in [0.1, 0.15) is 0 Å². The van der Waals surface area contributed by atoms with E-state index in [0.29, 0.717) is 11.1 Å². The van der Waals surface area contributed by atoms with E-state index in [1.54, 1.807) is 24.3 Å². The van der Waals surface area contributed by atoms with Gasteiger partial charge < -0.3 is 10.6 Å². The molecule has 0 aliphatic carbocycles. The quantitative estimate of drug-likeness (QED) is 0.831. The minimum absolute atomic E-state index is 0. The lowest BCUT2D eigenvalue weighted by atomic mass is 10.0. The molecule has 2 rings (SSSR count). The molecular formula is C14H19ClN2O2. The number of benzene rings is 1. The minimum Gasteiger partial charge on any atom is -0.349 e. The zero-order valence-corrected chi connectivity index (χ0v) is 11.8. The molecule has 2 N–H and O–H groups in total. The summed E-state index contributed by atoms with van der Waals surface area (Å²) in [4.78, 5) is 23.6. The van der Waals surface area contributed by atoms with Crippen LogP contribution in [-0.4, -0.2) is 30.8 Å². The lowest BCUT2D eigenvalue weighted by Crippen LogP contribution is -2.43. The molecule has 0 bridgehead atoms. The van der Waals surface area contributed by atoms with Crippen molar-refractivity contribution >= 4 is 24.1 Å². The van der Waals surface area contributed by atoms with Gasteiger partial charge in [0.2, 0.25) is 0 Å². The Morgan fingerprint density at radius 2 is 1.74 bits per heavy atom. The number of amides is 1. The lowest BCUT2D eigenvalue weighted by Gasteiger charge is -2.24. The molecule has 0 aromatic heterocycles. The number of Topliss-reactive ketones (excluding diaryl/α,β-unsaturated/α-hetero) is 1. The average molecular weight is 283 g/mol. The van der Waals surface area contributed by atoms with E-state index >= 15 is 0 Å². The van der Waals surface area contributed by atoms with Gasteiger partial charge in [-0.25, -0.2) is 0 Å². The van der Waals surface area contributed by atoms with Gasteiger partial charge in [0, 0.05) is 11.6 Å². The Balaban J connectivity index is 0.00000180. The molecule has 0 atom stereocenters. The Labute approximate surface area is 119 Å². The van der Waals surface area contributed by atoms with E-state index in [-0.39, 0.29) is 30.1 Å². The summed E-state index contributed by atoms with van der Waals surface area (Å²) in [7, 11) is 0. The smallest absolute Gasteiger partial charge is 0.252 e. The van der Waals surface area contributed by atoms with Crippen LogP contribution in [0.4, 0.5) is 0 Å². The van der Waals surface area contributed by atoms with E-state index in [0.717, 1.165) is 25.9 Å². The SMILES string of the molecule is CC(=O)c1ccccc1C(=O)NC1CCNCC1.Cl. The number of carbonyl (C=O) groups excluding carboxylic acids is 2. The monoisotopic (exact) mass is 282 g/mol. The van der Waals surface area contributed by atoms with Crippen molar-refractivity contribution in [2.75, 3.05) is 13.1 Å². The zero-order valence-electron chi connectivity index (χ0n) is 10.9. The summed E-state index contributed by atoms with van der Waals surface area (Å²) in [5, 5.41) is 6.25.